The van der Waals surface area contributed by atoms with Crippen molar-refractivity contribution in [2.24, 2.45) is 0 Å². The van der Waals surface area contributed by atoms with Crippen LogP contribution in [0, 0.1) is 0 Å². The van der Waals surface area contributed by atoms with Crippen molar-refractivity contribution in [3.63, 3.8) is 0 Å². The van der Waals surface area contributed by atoms with E-state index in [4.69, 9.17) is 0 Å². The Labute approximate surface area is 145 Å². The van der Waals surface area contributed by atoms with Gasteiger partial charge in [-0.15, -0.1) is 0 Å². The summed E-state index contributed by atoms with van der Waals surface area (Å²) in [6.07, 6.45) is 5.22. The highest BCUT2D eigenvalue weighted by Gasteiger charge is 2.32. The van der Waals surface area contributed by atoms with Crippen LogP contribution < -0.4 is 10.2 Å². The minimum atomic E-state index is -0.0830. The molecule has 2 aromatic rings. The summed E-state index contributed by atoms with van der Waals surface area (Å²) >= 11 is 0. The van der Waals surface area contributed by atoms with Gasteiger partial charge in [0.05, 0.1) is 18.3 Å². The number of aromatic nitrogens is 3. The number of carbonyl (C=O) groups is 2. The first-order valence-electron chi connectivity index (χ1n) is 8.50. The molecule has 0 aliphatic carbocycles. The lowest BCUT2D eigenvalue weighted by molar-refractivity contribution is -0.120. The summed E-state index contributed by atoms with van der Waals surface area (Å²) in [5, 5.41) is 9.76. The van der Waals surface area contributed by atoms with Gasteiger partial charge in [0.2, 0.25) is 5.91 Å². The molecule has 0 spiro atoms. The fraction of sp³-hybridized carbons (Fsp3) is 0.412. The van der Waals surface area contributed by atoms with E-state index < -0.39 is 0 Å². The molecule has 0 aromatic carbocycles. The minimum Gasteiger partial charge on any atom is -0.360 e. The molecular formula is C17H20N6O2. The van der Waals surface area contributed by atoms with E-state index in [0.717, 1.165) is 30.8 Å². The fourth-order valence-electron chi connectivity index (χ4n) is 3.52. The molecule has 0 saturated carbocycles. The Morgan fingerprint density at radius 2 is 2.16 bits per heavy atom. The lowest BCUT2D eigenvalue weighted by Crippen LogP contribution is -2.47. The molecule has 2 aliphatic heterocycles. The summed E-state index contributed by atoms with van der Waals surface area (Å²) in [5.41, 5.74) is 2.22. The zero-order chi connectivity index (χ0) is 17.2. The van der Waals surface area contributed by atoms with Gasteiger partial charge in [0.1, 0.15) is 5.69 Å². The number of rotatable bonds is 3. The Hall–Kier alpha value is -2.90. The molecule has 1 unspecified atom stereocenters. The second-order valence-corrected chi connectivity index (χ2v) is 6.34. The van der Waals surface area contributed by atoms with Gasteiger partial charge in [-0.1, -0.05) is 0 Å². The molecule has 4 heterocycles. The molecule has 4 rings (SSSR count). The first kappa shape index (κ1) is 15.6. The maximum Gasteiger partial charge on any atom is 0.273 e. The zero-order valence-electron chi connectivity index (χ0n) is 13.8. The number of piperazine rings is 1. The SMILES string of the molecule is O=C1CN(c2ccnc(C(=O)N3CCCC3c3ccn[nH]3)c2)CCN1. The highest BCUT2D eigenvalue weighted by Crippen LogP contribution is 2.32. The second-order valence-electron chi connectivity index (χ2n) is 6.34. The first-order chi connectivity index (χ1) is 12.2. The van der Waals surface area contributed by atoms with Crippen molar-refractivity contribution < 1.29 is 9.59 Å². The Bertz CT molecular complexity index is 775. The highest BCUT2D eigenvalue weighted by molar-refractivity contribution is 5.94. The third kappa shape index (κ3) is 3.07. The van der Waals surface area contributed by atoms with Crippen LogP contribution in [0.25, 0.3) is 0 Å². The second kappa shape index (κ2) is 6.54. The summed E-state index contributed by atoms with van der Waals surface area (Å²) in [5.74, 6) is -0.0878. The molecule has 130 valence electrons. The van der Waals surface area contributed by atoms with E-state index in [9.17, 15) is 9.59 Å². The third-order valence-corrected chi connectivity index (χ3v) is 4.76. The van der Waals surface area contributed by atoms with Gasteiger partial charge in [-0.3, -0.25) is 19.7 Å². The van der Waals surface area contributed by atoms with Gasteiger partial charge in [0.25, 0.3) is 5.91 Å². The number of nitrogens with one attached hydrogen (secondary N) is 2. The van der Waals surface area contributed by atoms with Crippen molar-refractivity contribution in [2.75, 3.05) is 31.1 Å². The molecule has 0 radical (unpaired) electrons. The van der Waals surface area contributed by atoms with Gasteiger partial charge in [-0.05, 0) is 31.0 Å². The maximum atomic E-state index is 13.0. The van der Waals surface area contributed by atoms with E-state index >= 15 is 0 Å². The van der Waals surface area contributed by atoms with Gasteiger partial charge >= 0.3 is 0 Å². The van der Waals surface area contributed by atoms with E-state index in [1.165, 1.54) is 0 Å². The van der Waals surface area contributed by atoms with E-state index in [1.807, 2.05) is 21.9 Å². The Kier molecular flexibility index (Phi) is 4.09. The Balaban J connectivity index is 1.56. The minimum absolute atomic E-state index is 0.00482. The quantitative estimate of drug-likeness (QED) is 0.858. The van der Waals surface area contributed by atoms with Crippen LogP contribution in [0.1, 0.15) is 35.1 Å². The van der Waals surface area contributed by atoms with E-state index in [1.54, 1.807) is 18.5 Å². The predicted octanol–water partition coefficient (Wildman–Crippen LogP) is 0.718. The van der Waals surface area contributed by atoms with Crippen LogP contribution in [-0.4, -0.2) is 58.1 Å². The number of hydrogen-bond donors (Lipinski definition) is 2. The summed E-state index contributed by atoms with van der Waals surface area (Å²) in [7, 11) is 0. The Morgan fingerprint density at radius 3 is 2.96 bits per heavy atom. The van der Waals surface area contributed by atoms with Crippen LogP contribution in [-0.2, 0) is 4.79 Å². The van der Waals surface area contributed by atoms with Crippen molar-refractivity contribution in [3.8, 4) is 0 Å². The van der Waals surface area contributed by atoms with Crippen molar-refractivity contribution in [3.05, 3.63) is 42.0 Å². The highest BCUT2D eigenvalue weighted by atomic mass is 16.2. The number of pyridine rings is 1. The normalized spacial score (nSPS) is 20.6. The third-order valence-electron chi connectivity index (χ3n) is 4.76. The van der Waals surface area contributed by atoms with Gasteiger partial charge in [-0.25, -0.2) is 0 Å². The van der Waals surface area contributed by atoms with Gasteiger partial charge in [0.15, 0.2) is 0 Å². The van der Waals surface area contributed by atoms with Crippen LogP contribution in [0.5, 0.6) is 0 Å². The number of hydrogen-bond acceptors (Lipinski definition) is 5. The molecule has 2 fully saturated rings. The molecule has 0 bridgehead atoms. The standard InChI is InChI=1S/C17H20N6O2/c24-16-11-22(9-7-19-16)12-3-5-18-14(10-12)17(25)23-8-1-2-15(23)13-4-6-20-21-13/h3-6,10,15H,1-2,7-9,11H2,(H,19,24)(H,20,21). The summed E-state index contributed by atoms with van der Waals surface area (Å²) in [4.78, 5) is 32.7. The number of carbonyl (C=O) groups excluding carboxylic acids is 2. The number of H-pyrrole nitrogens is 1. The fourth-order valence-corrected chi connectivity index (χ4v) is 3.52. The molecule has 25 heavy (non-hydrogen) atoms. The van der Waals surface area contributed by atoms with Crippen molar-refractivity contribution >= 4 is 17.5 Å². The average Bonchev–Trinajstić information content (AvgIpc) is 3.32. The van der Waals surface area contributed by atoms with Crippen LogP contribution in [0.15, 0.2) is 30.6 Å². The van der Waals surface area contributed by atoms with Crippen molar-refractivity contribution in [1.82, 2.24) is 25.4 Å². The molecule has 8 heteroatoms. The van der Waals surface area contributed by atoms with Crippen LogP contribution >= 0.6 is 0 Å². The van der Waals surface area contributed by atoms with E-state index in [2.05, 4.69) is 20.5 Å². The number of likely N-dealkylation sites (tertiary alicyclic amines) is 1. The maximum absolute atomic E-state index is 13.0. The number of amides is 2. The largest absolute Gasteiger partial charge is 0.360 e. The zero-order valence-corrected chi connectivity index (χ0v) is 13.8. The monoisotopic (exact) mass is 340 g/mol. The molecule has 2 N–H and O–H groups in total. The smallest absolute Gasteiger partial charge is 0.273 e. The summed E-state index contributed by atoms with van der Waals surface area (Å²) < 4.78 is 0. The number of nitrogens with zero attached hydrogens (tertiary/aromatic N) is 4. The summed E-state index contributed by atoms with van der Waals surface area (Å²) in [6.45, 7) is 2.35. The van der Waals surface area contributed by atoms with Gasteiger partial charge < -0.3 is 15.1 Å². The molecule has 2 aromatic heterocycles. The molecule has 1 atom stereocenters. The average molecular weight is 340 g/mol. The van der Waals surface area contributed by atoms with E-state index in [-0.39, 0.29) is 17.9 Å². The van der Waals surface area contributed by atoms with Gasteiger partial charge in [0, 0.05) is 37.7 Å². The van der Waals surface area contributed by atoms with Crippen molar-refractivity contribution in [1.29, 1.82) is 0 Å². The lowest BCUT2D eigenvalue weighted by atomic mass is 10.1. The molecule has 2 aliphatic rings. The van der Waals surface area contributed by atoms with Crippen molar-refractivity contribution in [2.45, 2.75) is 18.9 Å². The molecule has 2 saturated heterocycles. The van der Waals surface area contributed by atoms with Gasteiger partial charge in [-0.2, -0.15) is 5.10 Å². The summed E-state index contributed by atoms with van der Waals surface area (Å²) in [6, 6.07) is 5.54. The topological polar surface area (TPSA) is 94.2 Å². The molecule has 8 nitrogen and oxygen atoms in total. The van der Waals surface area contributed by atoms with E-state index in [0.29, 0.717) is 25.3 Å². The molecule has 2 amide bonds. The number of anilines is 1. The first-order valence-corrected chi connectivity index (χ1v) is 8.50. The van der Waals surface area contributed by atoms with Crippen LogP contribution in [0.2, 0.25) is 0 Å². The van der Waals surface area contributed by atoms with Crippen LogP contribution in [0.4, 0.5) is 5.69 Å². The molecular weight excluding hydrogens is 320 g/mol. The Morgan fingerprint density at radius 1 is 1.24 bits per heavy atom. The van der Waals surface area contributed by atoms with Crippen LogP contribution in [0.3, 0.4) is 0 Å². The predicted molar refractivity (Wildman–Crippen MR) is 91.1 cm³/mol. The number of aromatic amines is 1. The lowest BCUT2D eigenvalue weighted by Gasteiger charge is -2.29.